The summed E-state index contributed by atoms with van der Waals surface area (Å²) in [5.74, 6) is 1.56. The van der Waals surface area contributed by atoms with Crippen LogP contribution in [0.1, 0.15) is 37.4 Å². The lowest BCUT2D eigenvalue weighted by Crippen LogP contribution is -2.42. The zero-order valence-electron chi connectivity index (χ0n) is 9.69. The lowest BCUT2D eigenvalue weighted by Gasteiger charge is -2.31. The molecule has 1 aliphatic heterocycles. The maximum Gasteiger partial charge on any atom is 0.202 e. The number of rotatable bonds is 4. The second-order valence-corrected chi connectivity index (χ2v) is 5.67. The molecule has 1 aromatic rings. The van der Waals surface area contributed by atoms with Gasteiger partial charge in [0.1, 0.15) is 5.82 Å². The van der Waals surface area contributed by atoms with Gasteiger partial charge in [-0.05, 0) is 12.8 Å². The molecule has 5 nitrogen and oxygen atoms in total. The van der Waals surface area contributed by atoms with Crippen LogP contribution in [0.2, 0.25) is 0 Å². The van der Waals surface area contributed by atoms with Gasteiger partial charge in [0, 0.05) is 50.1 Å². The van der Waals surface area contributed by atoms with E-state index in [0.29, 0.717) is 38.5 Å². The number of aliphatic hydroxyl groups is 1. The van der Waals surface area contributed by atoms with E-state index in [9.17, 15) is 5.11 Å². The largest absolute Gasteiger partial charge is 0.388 e. The van der Waals surface area contributed by atoms with Gasteiger partial charge < -0.3 is 15.2 Å². The summed E-state index contributed by atoms with van der Waals surface area (Å²) in [6, 6.07) is 0. The molecule has 2 N–H and O–H groups in total. The molecule has 0 atom stereocenters. The Labute approximate surface area is 104 Å². The molecule has 1 aliphatic carbocycles. The quantitative estimate of drug-likeness (QED) is 0.850. The van der Waals surface area contributed by atoms with E-state index in [1.807, 2.05) is 0 Å². The Hall–Kier alpha value is -0.720. The fourth-order valence-corrected chi connectivity index (χ4v) is 2.62. The van der Waals surface area contributed by atoms with Crippen molar-refractivity contribution in [1.82, 2.24) is 9.36 Å². The molecule has 94 valence electrons. The van der Waals surface area contributed by atoms with Crippen LogP contribution in [0.3, 0.4) is 0 Å². The molecule has 2 heterocycles. The normalized spacial score (nSPS) is 23.6. The SMILES string of the molecule is OC1(CNc2nc(C3CC3)ns2)CCOCC1. The number of aromatic nitrogens is 2. The topological polar surface area (TPSA) is 67.3 Å². The average Bonchev–Trinajstić information content (AvgIpc) is 3.07. The van der Waals surface area contributed by atoms with E-state index in [0.717, 1.165) is 11.0 Å². The van der Waals surface area contributed by atoms with Gasteiger partial charge in [-0.2, -0.15) is 4.37 Å². The third kappa shape index (κ3) is 2.75. The minimum atomic E-state index is -0.649. The molecule has 0 aromatic carbocycles. The molecule has 1 aromatic heterocycles. The molecule has 6 heteroatoms. The molecule has 0 radical (unpaired) electrons. The van der Waals surface area contributed by atoms with Gasteiger partial charge in [0.25, 0.3) is 0 Å². The predicted molar refractivity (Wildman–Crippen MR) is 65.4 cm³/mol. The first-order chi connectivity index (χ1) is 8.25. The van der Waals surface area contributed by atoms with E-state index in [1.165, 1.54) is 24.4 Å². The van der Waals surface area contributed by atoms with E-state index >= 15 is 0 Å². The molecule has 0 spiro atoms. The zero-order chi connectivity index (χ0) is 11.7. The summed E-state index contributed by atoms with van der Waals surface area (Å²) >= 11 is 1.39. The van der Waals surface area contributed by atoms with Crippen LogP contribution in [0.4, 0.5) is 5.13 Å². The molecule has 1 saturated heterocycles. The van der Waals surface area contributed by atoms with Crippen LogP contribution in [-0.2, 0) is 4.74 Å². The van der Waals surface area contributed by atoms with Crippen molar-refractivity contribution >= 4 is 16.7 Å². The highest BCUT2D eigenvalue weighted by molar-refractivity contribution is 7.09. The molecular formula is C11H17N3O2S. The van der Waals surface area contributed by atoms with Crippen LogP contribution in [-0.4, -0.2) is 39.8 Å². The van der Waals surface area contributed by atoms with Crippen molar-refractivity contribution in [2.24, 2.45) is 0 Å². The molecule has 2 fully saturated rings. The summed E-state index contributed by atoms with van der Waals surface area (Å²) in [6.45, 7) is 1.82. The second-order valence-electron chi connectivity index (χ2n) is 4.92. The maximum atomic E-state index is 10.3. The number of anilines is 1. The third-order valence-electron chi connectivity index (χ3n) is 3.38. The molecular weight excluding hydrogens is 238 g/mol. The summed E-state index contributed by atoms with van der Waals surface area (Å²) in [5.41, 5.74) is -0.649. The van der Waals surface area contributed by atoms with E-state index in [4.69, 9.17) is 4.74 Å². The van der Waals surface area contributed by atoms with Gasteiger partial charge >= 0.3 is 0 Å². The van der Waals surface area contributed by atoms with Crippen molar-refractivity contribution in [1.29, 1.82) is 0 Å². The summed E-state index contributed by atoms with van der Waals surface area (Å²) in [4.78, 5) is 4.44. The van der Waals surface area contributed by atoms with Crippen molar-refractivity contribution in [2.45, 2.75) is 37.2 Å². The highest BCUT2D eigenvalue weighted by Crippen LogP contribution is 2.39. The smallest absolute Gasteiger partial charge is 0.202 e. The minimum Gasteiger partial charge on any atom is -0.388 e. The first-order valence-corrected chi connectivity index (χ1v) is 6.90. The Morgan fingerprint density at radius 3 is 2.88 bits per heavy atom. The Morgan fingerprint density at radius 2 is 2.18 bits per heavy atom. The lowest BCUT2D eigenvalue weighted by atomic mass is 9.95. The highest BCUT2D eigenvalue weighted by Gasteiger charge is 2.31. The van der Waals surface area contributed by atoms with E-state index in [-0.39, 0.29) is 0 Å². The Bertz CT molecular complexity index is 386. The van der Waals surface area contributed by atoms with E-state index < -0.39 is 5.60 Å². The standard InChI is InChI=1S/C11H17N3O2S/c15-11(3-5-16-6-4-11)7-12-10-13-9(14-17-10)8-1-2-8/h8,15H,1-7H2,(H,12,13,14). The molecule has 0 unspecified atom stereocenters. The Balaban J connectivity index is 1.55. The van der Waals surface area contributed by atoms with Crippen molar-refractivity contribution < 1.29 is 9.84 Å². The summed E-state index contributed by atoms with van der Waals surface area (Å²) in [5, 5.41) is 14.3. The Morgan fingerprint density at radius 1 is 1.41 bits per heavy atom. The van der Waals surface area contributed by atoms with Gasteiger partial charge in [-0.1, -0.05) is 0 Å². The fraction of sp³-hybridized carbons (Fsp3) is 0.818. The second kappa shape index (κ2) is 4.51. The molecule has 3 rings (SSSR count). The summed E-state index contributed by atoms with van der Waals surface area (Å²) in [7, 11) is 0. The van der Waals surface area contributed by atoms with E-state index in [2.05, 4.69) is 14.7 Å². The van der Waals surface area contributed by atoms with Gasteiger partial charge in [0.15, 0.2) is 0 Å². The van der Waals surface area contributed by atoms with Crippen molar-refractivity contribution in [3.8, 4) is 0 Å². The van der Waals surface area contributed by atoms with Gasteiger partial charge in [-0.25, -0.2) is 4.98 Å². The first-order valence-electron chi connectivity index (χ1n) is 6.13. The molecule has 0 amide bonds. The van der Waals surface area contributed by atoms with Crippen LogP contribution < -0.4 is 5.32 Å². The zero-order valence-corrected chi connectivity index (χ0v) is 10.5. The first kappa shape index (κ1) is 11.4. The van der Waals surface area contributed by atoms with Crippen LogP contribution in [0.15, 0.2) is 0 Å². The average molecular weight is 255 g/mol. The van der Waals surface area contributed by atoms with Crippen molar-refractivity contribution in [3.05, 3.63) is 5.82 Å². The molecule has 0 bridgehead atoms. The van der Waals surface area contributed by atoms with Gasteiger partial charge in [0.2, 0.25) is 5.13 Å². The van der Waals surface area contributed by atoms with Gasteiger partial charge in [-0.15, -0.1) is 0 Å². The fourth-order valence-electron chi connectivity index (χ4n) is 1.98. The molecule has 17 heavy (non-hydrogen) atoms. The third-order valence-corrected chi connectivity index (χ3v) is 4.06. The highest BCUT2D eigenvalue weighted by atomic mass is 32.1. The van der Waals surface area contributed by atoms with Crippen molar-refractivity contribution in [2.75, 3.05) is 25.1 Å². The monoisotopic (exact) mass is 255 g/mol. The van der Waals surface area contributed by atoms with Gasteiger partial charge in [-0.3, -0.25) is 0 Å². The number of nitrogens with zero attached hydrogens (tertiary/aromatic N) is 2. The number of ether oxygens (including phenoxy) is 1. The van der Waals surface area contributed by atoms with Crippen LogP contribution in [0.5, 0.6) is 0 Å². The maximum absolute atomic E-state index is 10.3. The van der Waals surface area contributed by atoms with Crippen LogP contribution in [0, 0.1) is 0 Å². The predicted octanol–water partition coefficient (Wildman–Crippen LogP) is 1.37. The number of nitrogens with one attached hydrogen (secondary N) is 1. The van der Waals surface area contributed by atoms with E-state index in [1.54, 1.807) is 0 Å². The van der Waals surface area contributed by atoms with Crippen molar-refractivity contribution in [3.63, 3.8) is 0 Å². The minimum absolute atomic E-state index is 0.537. The lowest BCUT2D eigenvalue weighted by molar-refractivity contribution is -0.0543. The van der Waals surface area contributed by atoms with Crippen LogP contribution in [0.25, 0.3) is 0 Å². The molecule has 1 saturated carbocycles. The number of hydrogen-bond acceptors (Lipinski definition) is 6. The van der Waals surface area contributed by atoms with Crippen LogP contribution >= 0.6 is 11.5 Å². The Kier molecular flexibility index (Phi) is 3.02. The summed E-state index contributed by atoms with van der Waals surface area (Å²) in [6.07, 6.45) is 3.82. The number of hydrogen-bond donors (Lipinski definition) is 2. The summed E-state index contributed by atoms with van der Waals surface area (Å²) < 4.78 is 9.57. The molecule has 2 aliphatic rings. The van der Waals surface area contributed by atoms with Gasteiger partial charge in [0.05, 0.1) is 5.60 Å².